The van der Waals surface area contributed by atoms with Crippen molar-refractivity contribution < 1.29 is 24.2 Å². The van der Waals surface area contributed by atoms with E-state index in [1.54, 1.807) is 24.8 Å². The second-order valence-corrected chi connectivity index (χ2v) is 9.46. The molecule has 2 aromatic rings. The predicted octanol–water partition coefficient (Wildman–Crippen LogP) is 3.91. The highest BCUT2D eigenvalue weighted by molar-refractivity contribution is 5.93. The van der Waals surface area contributed by atoms with Crippen molar-refractivity contribution in [2.45, 2.75) is 71.4 Å². The predicted molar refractivity (Wildman–Crippen MR) is 128 cm³/mol. The molecule has 180 valence electrons. The first-order valence-corrected chi connectivity index (χ1v) is 11.8. The minimum absolute atomic E-state index is 0.00331. The third-order valence-corrected chi connectivity index (χ3v) is 7.35. The van der Waals surface area contributed by atoms with E-state index in [4.69, 9.17) is 4.98 Å². The molecule has 0 saturated heterocycles. The number of allylic oxidation sites excluding steroid dienone is 1. The number of hydrogen-bond donors (Lipinski definition) is 2. The van der Waals surface area contributed by atoms with Gasteiger partial charge in [-0.15, -0.1) is 0 Å². The van der Waals surface area contributed by atoms with E-state index in [2.05, 4.69) is 0 Å². The van der Waals surface area contributed by atoms with Gasteiger partial charge in [0, 0.05) is 23.4 Å². The number of rotatable bonds is 7. The molecule has 1 aromatic heterocycles. The Morgan fingerprint density at radius 3 is 2.56 bits per heavy atom. The third kappa shape index (κ3) is 4.07. The van der Waals surface area contributed by atoms with E-state index in [0.29, 0.717) is 46.4 Å². The molecule has 0 spiro atoms. The van der Waals surface area contributed by atoms with Gasteiger partial charge in [-0.2, -0.15) is 0 Å². The minimum Gasteiger partial charge on any atom is -0.392 e. The molecule has 34 heavy (non-hydrogen) atoms. The Balaban J connectivity index is 1.96. The van der Waals surface area contributed by atoms with Gasteiger partial charge in [0.2, 0.25) is 6.41 Å². The van der Waals surface area contributed by atoms with Gasteiger partial charge in [0.25, 0.3) is 0 Å². The van der Waals surface area contributed by atoms with Gasteiger partial charge in [0.05, 0.1) is 30.1 Å². The number of amides is 1. The van der Waals surface area contributed by atoms with E-state index in [1.165, 1.54) is 6.07 Å². The number of aliphatic hydroxyl groups excluding tert-OH is 1. The van der Waals surface area contributed by atoms with Gasteiger partial charge in [-0.3, -0.25) is 4.79 Å². The van der Waals surface area contributed by atoms with Crippen molar-refractivity contribution in [1.82, 2.24) is 9.88 Å². The molecule has 1 aliphatic carbocycles. The van der Waals surface area contributed by atoms with E-state index in [-0.39, 0.29) is 25.3 Å². The van der Waals surface area contributed by atoms with Crippen molar-refractivity contribution in [3.05, 3.63) is 57.1 Å². The number of carbonyl (C=O) groups is 2. The SMILES string of the molecule is CC[C@@](O)(C=O)CC(/C=C1/c2nc3cc(F)c(C)c4c3c(c2CN1C=O)CCCC4)=C(/C)CO. The number of aliphatic hydroxyl groups is 2. The van der Waals surface area contributed by atoms with Crippen LogP contribution in [0.1, 0.15) is 67.5 Å². The molecule has 0 fully saturated rings. The molecule has 1 aliphatic heterocycles. The van der Waals surface area contributed by atoms with Crippen LogP contribution in [0.3, 0.4) is 0 Å². The number of halogens is 1. The Morgan fingerprint density at radius 1 is 1.24 bits per heavy atom. The second kappa shape index (κ2) is 9.39. The van der Waals surface area contributed by atoms with Crippen LogP contribution in [-0.4, -0.2) is 45.0 Å². The fourth-order valence-corrected chi connectivity index (χ4v) is 5.08. The Kier molecular flexibility index (Phi) is 6.69. The number of aldehydes is 1. The Bertz CT molecular complexity index is 1230. The lowest BCUT2D eigenvalue weighted by molar-refractivity contribution is -0.124. The van der Waals surface area contributed by atoms with Crippen LogP contribution >= 0.6 is 0 Å². The lowest BCUT2D eigenvalue weighted by Gasteiger charge is -2.22. The summed E-state index contributed by atoms with van der Waals surface area (Å²) in [6.07, 6.45) is 6.77. The van der Waals surface area contributed by atoms with Gasteiger partial charge < -0.3 is 19.9 Å². The first-order valence-electron chi connectivity index (χ1n) is 11.8. The van der Waals surface area contributed by atoms with Crippen molar-refractivity contribution >= 4 is 29.3 Å². The second-order valence-electron chi connectivity index (χ2n) is 9.46. The Morgan fingerprint density at radius 2 is 1.94 bits per heavy atom. The molecule has 0 unspecified atom stereocenters. The number of nitrogens with zero attached hydrogens (tertiary/aromatic N) is 2. The summed E-state index contributed by atoms with van der Waals surface area (Å²) in [6.45, 7) is 5.35. The molecule has 7 heteroatoms. The molecule has 0 saturated carbocycles. The molecule has 1 amide bonds. The zero-order valence-electron chi connectivity index (χ0n) is 19.9. The first kappa shape index (κ1) is 24.2. The van der Waals surface area contributed by atoms with Gasteiger partial charge >= 0.3 is 0 Å². The van der Waals surface area contributed by atoms with Crippen LogP contribution in [0.15, 0.2) is 23.3 Å². The number of aromatic nitrogens is 1. The molecular formula is C27H31FN2O4. The number of aryl methyl sites for hydroxylation is 2. The van der Waals surface area contributed by atoms with Gasteiger partial charge in [0.15, 0.2) is 6.29 Å². The zero-order chi connectivity index (χ0) is 24.6. The summed E-state index contributed by atoms with van der Waals surface area (Å²) in [5.41, 5.74) is 5.04. The molecule has 1 atom stereocenters. The number of fused-ring (bicyclic) bond motifs is 2. The normalized spacial score (nSPS) is 19.0. The number of hydrogen-bond acceptors (Lipinski definition) is 5. The van der Waals surface area contributed by atoms with Crippen LogP contribution < -0.4 is 0 Å². The summed E-state index contributed by atoms with van der Waals surface area (Å²) in [5, 5.41) is 21.4. The van der Waals surface area contributed by atoms with Crippen LogP contribution in [0.2, 0.25) is 0 Å². The number of carbonyl (C=O) groups excluding carboxylic acids is 2. The van der Waals surface area contributed by atoms with Gasteiger partial charge in [-0.1, -0.05) is 6.92 Å². The quantitative estimate of drug-likeness (QED) is 0.604. The highest BCUT2D eigenvalue weighted by Crippen LogP contribution is 2.41. The molecular weight excluding hydrogens is 435 g/mol. The molecule has 2 heterocycles. The standard InChI is InChI=1S/C27H31FN2O4/c1-4-27(34,14-32)11-18(16(2)13-31)9-24-26-21(12-30(24)15-33)20-8-6-5-7-19-17(3)22(28)10-23(29-26)25(19)20/h9-10,14-15,31,34H,4-8,11-13H2,1-3H3/b18-16-,24-9-/t27-/m0/s1. The maximum atomic E-state index is 14.8. The fourth-order valence-electron chi connectivity index (χ4n) is 5.08. The van der Waals surface area contributed by atoms with Crippen molar-refractivity contribution in [2.24, 2.45) is 0 Å². The highest BCUT2D eigenvalue weighted by Gasteiger charge is 2.32. The highest BCUT2D eigenvalue weighted by atomic mass is 19.1. The average Bonchev–Trinajstić information content (AvgIpc) is 3.03. The van der Waals surface area contributed by atoms with E-state index in [0.717, 1.165) is 54.2 Å². The Hall–Kier alpha value is -2.90. The van der Waals surface area contributed by atoms with E-state index in [9.17, 15) is 24.2 Å². The number of pyridine rings is 1. The smallest absolute Gasteiger partial charge is 0.214 e. The molecule has 2 N–H and O–H groups in total. The largest absolute Gasteiger partial charge is 0.392 e. The monoisotopic (exact) mass is 466 g/mol. The van der Waals surface area contributed by atoms with Crippen LogP contribution in [-0.2, 0) is 29.0 Å². The lowest BCUT2D eigenvalue weighted by atomic mass is 9.90. The maximum Gasteiger partial charge on any atom is 0.214 e. The van der Waals surface area contributed by atoms with Crippen LogP contribution in [0.4, 0.5) is 4.39 Å². The summed E-state index contributed by atoms with van der Waals surface area (Å²) in [5.74, 6) is -0.283. The van der Waals surface area contributed by atoms with E-state index in [1.807, 2.05) is 6.92 Å². The molecule has 0 bridgehead atoms. The molecule has 6 nitrogen and oxygen atoms in total. The molecule has 1 aromatic carbocycles. The van der Waals surface area contributed by atoms with Crippen molar-refractivity contribution in [2.75, 3.05) is 6.61 Å². The number of benzene rings is 1. The Labute approximate surface area is 198 Å². The maximum absolute atomic E-state index is 14.8. The van der Waals surface area contributed by atoms with Gasteiger partial charge in [-0.25, -0.2) is 9.37 Å². The summed E-state index contributed by atoms with van der Waals surface area (Å²) in [7, 11) is 0. The van der Waals surface area contributed by atoms with Crippen LogP contribution in [0, 0.1) is 12.7 Å². The first-order chi connectivity index (χ1) is 16.3. The van der Waals surface area contributed by atoms with Crippen molar-refractivity contribution in [1.29, 1.82) is 0 Å². The van der Waals surface area contributed by atoms with Gasteiger partial charge in [-0.05, 0) is 79.9 Å². The topological polar surface area (TPSA) is 90.7 Å². The summed E-state index contributed by atoms with van der Waals surface area (Å²) >= 11 is 0. The third-order valence-electron chi connectivity index (χ3n) is 7.35. The molecule has 4 rings (SSSR count). The minimum atomic E-state index is -1.58. The van der Waals surface area contributed by atoms with E-state index < -0.39 is 5.60 Å². The average molecular weight is 467 g/mol. The fraction of sp³-hybridized carbons (Fsp3) is 0.444. The zero-order valence-corrected chi connectivity index (χ0v) is 19.9. The molecule has 0 radical (unpaired) electrons. The summed E-state index contributed by atoms with van der Waals surface area (Å²) in [4.78, 5) is 30.0. The van der Waals surface area contributed by atoms with E-state index >= 15 is 0 Å². The summed E-state index contributed by atoms with van der Waals surface area (Å²) < 4.78 is 14.8. The lowest BCUT2D eigenvalue weighted by Crippen LogP contribution is -2.30. The van der Waals surface area contributed by atoms with Crippen molar-refractivity contribution in [3.63, 3.8) is 0 Å². The van der Waals surface area contributed by atoms with Crippen LogP contribution in [0.25, 0.3) is 16.6 Å². The van der Waals surface area contributed by atoms with Crippen LogP contribution in [0.5, 0.6) is 0 Å². The van der Waals surface area contributed by atoms with Gasteiger partial charge in [0.1, 0.15) is 11.4 Å². The summed E-state index contributed by atoms with van der Waals surface area (Å²) in [6, 6.07) is 1.47. The van der Waals surface area contributed by atoms with Crippen molar-refractivity contribution in [3.8, 4) is 0 Å². The molecule has 2 aliphatic rings.